The summed E-state index contributed by atoms with van der Waals surface area (Å²) in [6.45, 7) is 3.65. The predicted molar refractivity (Wildman–Crippen MR) is 120 cm³/mol. The van der Waals surface area contributed by atoms with Gasteiger partial charge in [0, 0.05) is 36.5 Å². The molecule has 2 aromatic carbocycles. The molecule has 0 atom stereocenters. The first-order chi connectivity index (χ1) is 14.1. The fourth-order valence-electron chi connectivity index (χ4n) is 3.29. The predicted octanol–water partition coefficient (Wildman–Crippen LogP) is 4.96. The number of aromatic nitrogens is 1. The molecule has 7 heteroatoms. The van der Waals surface area contributed by atoms with E-state index in [1.807, 2.05) is 54.3 Å². The number of thiazole rings is 1. The zero-order valence-electron chi connectivity index (χ0n) is 16.3. The maximum absolute atomic E-state index is 12.4. The lowest BCUT2D eigenvalue weighted by Gasteiger charge is -2.26. The molecule has 1 aliphatic heterocycles. The van der Waals surface area contributed by atoms with E-state index in [1.165, 1.54) is 0 Å². The molecule has 0 unspecified atom stereocenters. The molecular weight excluding hydrogens is 402 g/mol. The third kappa shape index (κ3) is 4.97. The molecule has 2 heterocycles. The zero-order valence-corrected chi connectivity index (χ0v) is 17.9. The number of benzene rings is 2. The highest BCUT2D eigenvalue weighted by molar-refractivity contribution is 8.01. The number of carbonyl (C=O) groups is 2. The van der Waals surface area contributed by atoms with Gasteiger partial charge in [0.25, 0.3) is 5.91 Å². The quantitative estimate of drug-likeness (QED) is 0.567. The number of likely N-dealkylation sites (tertiary alicyclic amines) is 1. The monoisotopic (exact) mass is 425 g/mol. The molecule has 4 rings (SSSR count). The molecule has 0 radical (unpaired) electrons. The summed E-state index contributed by atoms with van der Waals surface area (Å²) in [6, 6.07) is 13.3. The van der Waals surface area contributed by atoms with Gasteiger partial charge >= 0.3 is 0 Å². The number of anilines is 1. The Morgan fingerprint density at radius 2 is 2.03 bits per heavy atom. The van der Waals surface area contributed by atoms with Crippen LogP contribution in [0.2, 0.25) is 0 Å². The van der Waals surface area contributed by atoms with Gasteiger partial charge in [0.15, 0.2) is 4.34 Å². The Labute approximate surface area is 178 Å². The van der Waals surface area contributed by atoms with E-state index in [4.69, 9.17) is 0 Å². The number of aryl methyl sites for hydroxylation is 1. The molecule has 0 bridgehead atoms. The Bertz CT molecular complexity index is 1030. The third-order valence-corrected chi connectivity index (χ3v) is 7.09. The molecule has 150 valence electrons. The van der Waals surface area contributed by atoms with Crippen LogP contribution in [-0.4, -0.2) is 40.5 Å². The minimum absolute atomic E-state index is 0.116. The SMILES string of the molecule is Cc1ccc(C(=O)Nc2ccc3nc(SCCN4CCCCC4=O)sc3c2)cc1. The van der Waals surface area contributed by atoms with Crippen molar-refractivity contribution in [2.45, 2.75) is 30.5 Å². The highest BCUT2D eigenvalue weighted by Crippen LogP contribution is 2.31. The molecule has 0 aliphatic carbocycles. The van der Waals surface area contributed by atoms with Gasteiger partial charge in [-0.2, -0.15) is 0 Å². The molecule has 1 aliphatic rings. The molecule has 0 spiro atoms. The Hall–Kier alpha value is -2.38. The van der Waals surface area contributed by atoms with Crippen molar-refractivity contribution in [3.63, 3.8) is 0 Å². The molecule has 1 saturated heterocycles. The van der Waals surface area contributed by atoms with Gasteiger partial charge in [0.1, 0.15) is 0 Å². The number of thioether (sulfide) groups is 1. The van der Waals surface area contributed by atoms with Crippen LogP contribution in [0.5, 0.6) is 0 Å². The smallest absolute Gasteiger partial charge is 0.255 e. The molecule has 1 aromatic heterocycles. The van der Waals surface area contributed by atoms with Crippen molar-refractivity contribution in [2.24, 2.45) is 0 Å². The van der Waals surface area contributed by atoms with Crippen LogP contribution in [0.4, 0.5) is 5.69 Å². The topological polar surface area (TPSA) is 62.3 Å². The Kier molecular flexibility index (Phi) is 6.16. The van der Waals surface area contributed by atoms with E-state index in [0.717, 1.165) is 57.5 Å². The molecule has 5 nitrogen and oxygen atoms in total. The van der Waals surface area contributed by atoms with Crippen LogP contribution in [0.15, 0.2) is 46.8 Å². The van der Waals surface area contributed by atoms with Gasteiger partial charge < -0.3 is 10.2 Å². The fourth-order valence-corrected chi connectivity index (χ4v) is 5.43. The summed E-state index contributed by atoms with van der Waals surface area (Å²) in [6.07, 6.45) is 2.81. The number of piperidine rings is 1. The van der Waals surface area contributed by atoms with Crippen molar-refractivity contribution in [2.75, 3.05) is 24.2 Å². The molecule has 29 heavy (non-hydrogen) atoms. The van der Waals surface area contributed by atoms with Crippen LogP contribution in [0.1, 0.15) is 35.2 Å². The standard InChI is InChI=1S/C22H23N3O2S2/c1-15-5-7-16(8-6-15)21(27)23-17-9-10-18-19(14-17)29-22(24-18)28-13-12-25-11-3-2-4-20(25)26/h5-10,14H,2-4,11-13H2,1H3,(H,23,27). The minimum atomic E-state index is -0.116. The van der Waals surface area contributed by atoms with E-state index in [-0.39, 0.29) is 11.8 Å². The second-order valence-electron chi connectivity index (χ2n) is 7.17. The third-order valence-electron chi connectivity index (χ3n) is 4.95. The number of fused-ring (bicyclic) bond motifs is 1. The number of nitrogens with zero attached hydrogens (tertiary/aromatic N) is 2. The van der Waals surface area contributed by atoms with E-state index < -0.39 is 0 Å². The molecular formula is C22H23N3O2S2. The molecule has 2 amide bonds. The Morgan fingerprint density at radius 3 is 2.83 bits per heavy atom. The van der Waals surface area contributed by atoms with Gasteiger partial charge in [0.05, 0.1) is 10.2 Å². The summed E-state index contributed by atoms with van der Waals surface area (Å²) in [5, 5.41) is 2.96. The summed E-state index contributed by atoms with van der Waals surface area (Å²) < 4.78 is 2.04. The van der Waals surface area contributed by atoms with Crippen LogP contribution >= 0.6 is 23.1 Å². The maximum Gasteiger partial charge on any atom is 0.255 e. The first-order valence-corrected chi connectivity index (χ1v) is 11.6. The lowest BCUT2D eigenvalue weighted by atomic mass is 10.1. The number of carbonyl (C=O) groups excluding carboxylic acids is 2. The van der Waals surface area contributed by atoms with Gasteiger partial charge in [-0.25, -0.2) is 4.98 Å². The fraction of sp³-hybridized carbons (Fsp3) is 0.318. The average molecular weight is 426 g/mol. The van der Waals surface area contributed by atoms with Crippen molar-refractivity contribution < 1.29 is 9.59 Å². The molecule has 0 saturated carbocycles. The largest absolute Gasteiger partial charge is 0.342 e. The van der Waals surface area contributed by atoms with Gasteiger partial charge in [0.2, 0.25) is 5.91 Å². The Balaban J connectivity index is 1.37. The van der Waals surface area contributed by atoms with Crippen molar-refractivity contribution in [1.82, 2.24) is 9.88 Å². The molecule has 1 fully saturated rings. The van der Waals surface area contributed by atoms with Gasteiger partial charge in [-0.05, 0) is 50.1 Å². The van der Waals surface area contributed by atoms with Crippen molar-refractivity contribution in [1.29, 1.82) is 0 Å². The summed E-state index contributed by atoms with van der Waals surface area (Å²) >= 11 is 3.31. The van der Waals surface area contributed by atoms with Crippen molar-refractivity contribution in [3.8, 4) is 0 Å². The Morgan fingerprint density at radius 1 is 1.21 bits per heavy atom. The highest BCUT2D eigenvalue weighted by atomic mass is 32.2. The summed E-state index contributed by atoms with van der Waals surface area (Å²) in [7, 11) is 0. The highest BCUT2D eigenvalue weighted by Gasteiger charge is 2.17. The van der Waals surface area contributed by atoms with Crippen LogP contribution in [-0.2, 0) is 4.79 Å². The lowest BCUT2D eigenvalue weighted by molar-refractivity contribution is -0.132. The van der Waals surface area contributed by atoms with E-state index in [2.05, 4.69) is 10.3 Å². The number of amides is 2. The zero-order chi connectivity index (χ0) is 20.2. The van der Waals surface area contributed by atoms with Gasteiger partial charge in [-0.3, -0.25) is 9.59 Å². The van der Waals surface area contributed by atoms with Crippen LogP contribution in [0.3, 0.4) is 0 Å². The number of nitrogens with one attached hydrogen (secondary N) is 1. The molecule has 1 N–H and O–H groups in total. The first-order valence-electron chi connectivity index (χ1n) is 9.78. The minimum Gasteiger partial charge on any atom is -0.342 e. The van der Waals surface area contributed by atoms with E-state index >= 15 is 0 Å². The van der Waals surface area contributed by atoms with E-state index in [1.54, 1.807) is 23.1 Å². The summed E-state index contributed by atoms with van der Waals surface area (Å²) in [5.74, 6) is 1.01. The molecule has 3 aromatic rings. The van der Waals surface area contributed by atoms with Crippen LogP contribution < -0.4 is 5.32 Å². The van der Waals surface area contributed by atoms with Crippen LogP contribution in [0, 0.1) is 6.92 Å². The van der Waals surface area contributed by atoms with Gasteiger partial charge in [-0.1, -0.05) is 29.5 Å². The van der Waals surface area contributed by atoms with Crippen molar-refractivity contribution >= 4 is 50.8 Å². The average Bonchev–Trinajstić information content (AvgIpc) is 3.12. The first kappa shape index (κ1) is 19.9. The van der Waals surface area contributed by atoms with Crippen molar-refractivity contribution in [3.05, 3.63) is 53.6 Å². The second kappa shape index (κ2) is 8.97. The van der Waals surface area contributed by atoms with E-state index in [9.17, 15) is 9.59 Å². The number of hydrogen-bond acceptors (Lipinski definition) is 5. The summed E-state index contributed by atoms with van der Waals surface area (Å²) in [5.41, 5.74) is 3.47. The lowest BCUT2D eigenvalue weighted by Crippen LogP contribution is -2.36. The summed E-state index contributed by atoms with van der Waals surface area (Å²) in [4.78, 5) is 30.9. The normalized spacial score (nSPS) is 14.4. The van der Waals surface area contributed by atoms with E-state index in [0.29, 0.717) is 12.0 Å². The number of hydrogen-bond donors (Lipinski definition) is 1. The maximum atomic E-state index is 12.4. The van der Waals surface area contributed by atoms with Crippen LogP contribution in [0.25, 0.3) is 10.2 Å². The van der Waals surface area contributed by atoms with Gasteiger partial charge in [-0.15, -0.1) is 11.3 Å². The number of rotatable bonds is 6. The second-order valence-corrected chi connectivity index (χ2v) is 9.54.